The van der Waals surface area contributed by atoms with Crippen LogP contribution in [0.2, 0.25) is 0 Å². The van der Waals surface area contributed by atoms with Crippen LogP contribution in [0.15, 0.2) is 18.2 Å². The largest absolute Gasteiger partial charge is 0.326 e. The van der Waals surface area contributed by atoms with Gasteiger partial charge in [-0.2, -0.15) is 0 Å². The molecule has 1 aliphatic heterocycles. The number of carbonyl (C=O) groups excluding carboxylic acids is 1. The van der Waals surface area contributed by atoms with Gasteiger partial charge < -0.3 is 11.1 Å². The summed E-state index contributed by atoms with van der Waals surface area (Å²) in [5.74, 6) is 1.60. The van der Waals surface area contributed by atoms with E-state index in [0.29, 0.717) is 12.3 Å². The second kappa shape index (κ2) is 6.18. The molecule has 0 radical (unpaired) electrons. The van der Waals surface area contributed by atoms with Crippen molar-refractivity contribution in [3.05, 3.63) is 29.3 Å². The zero-order valence-corrected chi connectivity index (χ0v) is 12.9. The van der Waals surface area contributed by atoms with Gasteiger partial charge >= 0.3 is 0 Å². The Balaban J connectivity index is 1.76. The molecule has 114 valence electrons. The van der Waals surface area contributed by atoms with Crippen LogP contribution in [0.4, 0.5) is 5.69 Å². The fourth-order valence-electron chi connectivity index (χ4n) is 3.72. The van der Waals surface area contributed by atoms with E-state index in [0.717, 1.165) is 24.4 Å². The average molecular weight is 286 g/mol. The first-order valence-corrected chi connectivity index (χ1v) is 8.31. The van der Waals surface area contributed by atoms with Gasteiger partial charge in [-0.1, -0.05) is 31.9 Å². The van der Waals surface area contributed by atoms with E-state index in [1.54, 1.807) is 0 Å². The fourth-order valence-corrected chi connectivity index (χ4v) is 3.72. The van der Waals surface area contributed by atoms with Crippen molar-refractivity contribution >= 4 is 11.6 Å². The number of hydrogen-bond donors (Lipinski definition) is 2. The predicted molar refractivity (Wildman–Crippen MR) is 86.1 cm³/mol. The van der Waals surface area contributed by atoms with Gasteiger partial charge in [-0.05, 0) is 54.7 Å². The van der Waals surface area contributed by atoms with E-state index in [1.807, 2.05) is 6.07 Å². The zero-order valence-electron chi connectivity index (χ0n) is 12.9. The van der Waals surface area contributed by atoms with E-state index in [-0.39, 0.29) is 11.9 Å². The van der Waals surface area contributed by atoms with Gasteiger partial charge in [0, 0.05) is 18.2 Å². The second-order valence-electron chi connectivity index (χ2n) is 6.86. The molecular formula is C18H26N2O. The minimum absolute atomic E-state index is 0.132. The molecule has 1 atom stereocenters. The van der Waals surface area contributed by atoms with E-state index in [2.05, 4.69) is 24.4 Å². The van der Waals surface area contributed by atoms with Gasteiger partial charge in [0.2, 0.25) is 5.91 Å². The van der Waals surface area contributed by atoms with Crippen LogP contribution in [-0.4, -0.2) is 5.91 Å². The Kier molecular flexibility index (Phi) is 4.29. The van der Waals surface area contributed by atoms with Gasteiger partial charge in [-0.25, -0.2) is 0 Å². The van der Waals surface area contributed by atoms with Gasteiger partial charge in [-0.3, -0.25) is 4.79 Å². The number of rotatable bonds is 2. The van der Waals surface area contributed by atoms with Crippen molar-refractivity contribution in [3.63, 3.8) is 0 Å². The number of amides is 1. The molecule has 0 saturated heterocycles. The Morgan fingerprint density at radius 3 is 2.71 bits per heavy atom. The summed E-state index contributed by atoms with van der Waals surface area (Å²) in [6.07, 6.45) is 7.62. The van der Waals surface area contributed by atoms with Gasteiger partial charge in [0.05, 0.1) is 0 Å². The predicted octanol–water partition coefficient (Wildman–Crippen LogP) is 3.79. The van der Waals surface area contributed by atoms with Gasteiger partial charge in [-0.15, -0.1) is 0 Å². The van der Waals surface area contributed by atoms with Gasteiger partial charge in [0.25, 0.3) is 0 Å². The topological polar surface area (TPSA) is 55.1 Å². The Hall–Kier alpha value is -1.35. The average Bonchev–Trinajstić information content (AvgIpc) is 2.67. The first-order valence-electron chi connectivity index (χ1n) is 8.31. The number of carbonyl (C=O) groups is 1. The molecule has 1 unspecified atom stereocenters. The highest BCUT2D eigenvalue weighted by atomic mass is 16.1. The molecule has 1 amide bonds. The van der Waals surface area contributed by atoms with Crippen molar-refractivity contribution in [1.82, 2.24) is 0 Å². The summed E-state index contributed by atoms with van der Waals surface area (Å²) in [6, 6.07) is 6.51. The third-order valence-electron chi connectivity index (χ3n) is 5.21. The van der Waals surface area contributed by atoms with Crippen LogP contribution in [0, 0.1) is 11.8 Å². The van der Waals surface area contributed by atoms with Crippen molar-refractivity contribution < 1.29 is 4.79 Å². The summed E-state index contributed by atoms with van der Waals surface area (Å²) in [6.45, 7) is 2.34. The lowest BCUT2D eigenvalue weighted by atomic mass is 9.77. The van der Waals surface area contributed by atoms with Crippen molar-refractivity contribution in [2.45, 2.75) is 57.9 Å². The van der Waals surface area contributed by atoms with E-state index in [1.165, 1.54) is 36.8 Å². The maximum Gasteiger partial charge on any atom is 0.224 e. The summed E-state index contributed by atoms with van der Waals surface area (Å²) in [4.78, 5) is 11.6. The quantitative estimate of drug-likeness (QED) is 0.869. The van der Waals surface area contributed by atoms with Crippen LogP contribution in [-0.2, 0) is 11.2 Å². The molecule has 1 aromatic carbocycles. The lowest BCUT2D eigenvalue weighted by Gasteiger charge is -2.31. The number of aryl methyl sites for hydroxylation is 1. The lowest BCUT2D eigenvalue weighted by molar-refractivity contribution is -0.116. The van der Waals surface area contributed by atoms with Crippen LogP contribution in [0.25, 0.3) is 0 Å². The highest BCUT2D eigenvalue weighted by molar-refractivity contribution is 5.92. The molecule has 0 aromatic heterocycles. The summed E-state index contributed by atoms with van der Waals surface area (Å²) < 4.78 is 0. The van der Waals surface area contributed by atoms with Gasteiger partial charge in [0.15, 0.2) is 0 Å². The standard InChI is InChI=1S/C18H26N2O/c1-12-5-7-13(8-6-12)18(19)15-9-10-16-14(11-15)3-2-4-17(21)20-16/h9-13,18H,2-8,19H2,1H3,(H,20,21). The Bertz CT molecular complexity index is 518. The van der Waals surface area contributed by atoms with Crippen LogP contribution in [0.1, 0.15) is 62.6 Å². The summed E-state index contributed by atoms with van der Waals surface area (Å²) >= 11 is 0. The van der Waals surface area contributed by atoms with E-state index >= 15 is 0 Å². The smallest absolute Gasteiger partial charge is 0.224 e. The SMILES string of the molecule is CC1CCC(C(N)c2ccc3c(c2)CCCC(=O)N3)CC1. The maximum atomic E-state index is 11.6. The van der Waals surface area contributed by atoms with Crippen LogP contribution >= 0.6 is 0 Å². The van der Waals surface area contributed by atoms with E-state index < -0.39 is 0 Å². The van der Waals surface area contributed by atoms with Crippen molar-refractivity contribution in [2.24, 2.45) is 17.6 Å². The summed E-state index contributed by atoms with van der Waals surface area (Å²) in [7, 11) is 0. The van der Waals surface area contributed by atoms with Crippen LogP contribution in [0.5, 0.6) is 0 Å². The van der Waals surface area contributed by atoms with Crippen molar-refractivity contribution in [2.75, 3.05) is 5.32 Å². The molecule has 1 fully saturated rings. The monoisotopic (exact) mass is 286 g/mol. The summed E-state index contributed by atoms with van der Waals surface area (Å²) in [5, 5.41) is 2.99. The first-order chi connectivity index (χ1) is 10.1. The van der Waals surface area contributed by atoms with Crippen LogP contribution in [0.3, 0.4) is 0 Å². The Labute approximate surface area is 127 Å². The molecule has 0 spiro atoms. The molecule has 1 heterocycles. The highest BCUT2D eigenvalue weighted by Gasteiger charge is 2.25. The molecule has 1 aliphatic carbocycles. The molecule has 1 saturated carbocycles. The molecule has 3 nitrogen and oxygen atoms in total. The fraction of sp³-hybridized carbons (Fsp3) is 0.611. The first kappa shape index (κ1) is 14.6. The third-order valence-corrected chi connectivity index (χ3v) is 5.21. The molecular weight excluding hydrogens is 260 g/mol. The number of nitrogens with two attached hydrogens (primary N) is 1. The van der Waals surface area contributed by atoms with E-state index in [9.17, 15) is 4.79 Å². The van der Waals surface area contributed by atoms with Crippen LogP contribution < -0.4 is 11.1 Å². The minimum Gasteiger partial charge on any atom is -0.326 e. The minimum atomic E-state index is 0.132. The lowest BCUT2D eigenvalue weighted by Crippen LogP contribution is -2.25. The molecule has 21 heavy (non-hydrogen) atoms. The van der Waals surface area contributed by atoms with Gasteiger partial charge in [0.1, 0.15) is 0 Å². The highest BCUT2D eigenvalue weighted by Crippen LogP contribution is 2.36. The molecule has 3 N–H and O–H groups in total. The Morgan fingerprint density at radius 1 is 1.19 bits per heavy atom. The van der Waals surface area contributed by atoms with Crippen molar-refractivity contribution in [1.29, 1.82) is 0 Å². The summed E-state index contributed by atoms with van der Waals surface area (Å²) in [5.41, 5.74) is 9.99. The van der Waals surface area contributed by atoms with E-state index in [4.69, 9.17) is 5.73 Å². The second-order valence-corrected chi connectivity index (χ2v) is 6.86. The molecule has 2 aliphatic rings. The number of fused-ring (bicyclic) bond motifs is 1. The normalized spacial score (nSPS) is 27.4. The zero-order chi connectivity index (χ0) is 14.8. The number of anilines is 1. The molecule has 3 heteroatoms. The number of benzene rings is 1. The molecule has 1 aromatic rings. The van der Waals surface area contributed by atoms with Crippen molar-refractivity contribution in [3.8, 4) is 0 Å². The molecule has 0 bridgehead atoms. The number of hydrogen-bond acceptors (Lipinski definition) is 2. The maximum absolute atomic E-state index is 11.6. The third kappa shape index (κ3) is 3.29. The molecule has 3 rings (SSSR count). The Morgan fingerprint density at radius 2 is 1.95 bits per heavy atom. The number of nitrogens with one attached hydrogen (secondary N) is 1.